The molecule has 1 aliphatic heterocycles. The monoisotopic (exact) mass is 406 g/mol. The van der Waals surface area contributed by atoms with Crippen LogP contribution in [0.25, 0.3) is 0 Å². The minimum Gasteiger partial charge on any atom is -0.387 e. The number of aliphatic hydroxyl groups excluding tert-OH is 1. The number of carbonyl (C=O) groups is 2. The first-order valence-electron chi connectivity index (χ1n) is 8.50. The van der Waals surface area contributed by atoms with E-state index in [2.05, 4.69) is 20.8 Å². The Kier molecular flexibility index (Phi) is 6.20. The zero-order valence-electron chi connectivity index (χ0n) is 14.7. The minimum absolute atomic E-state index is 0.0247. The molecule has 10 heteroatoms. The molecule has 148 valence electrons. The minimum atomic E-state index is -1.69. The zero-order chi connectivity index (χ0) is 20.1. The van der Waals surface area contributed by atoms with Gasteiger partial charge in [0.1, 0.15) is 17.8 Å². The lowest BCUT2D eigenvalue weighted by atomic mass is 9.96. The van der Waals surface area contributed by atoms with Gasteiger partial charge >= 0.3 is 0 Å². The van der Waals surface area contributed by atoms with Crippen molar-refractivity contribution in [2.24, 2.45) is 0 Å². The molecule has 2 aromatic rings. The average molecular weight is 407 g/mol. The predicted molar refractivity (Wildman–Crippen MR) is 98.8 cm³/mol. The van der Waals surface area contributed by atoms with Crippen molar-refractivity contribution in [1.82, 2.24) is 20.8 Å². The fourth-order valence-electron chi connectivity index (χ4n) is 2.79. The standard InChI is InChI=1S/C18H19ClN4O5/c19-13-4-2-1-3-12(13)17(26)21-9-18(27)10-28-14(15(18)24)8-20-16(25)11-5-6-22-23-7-11/h1-7,14-15,24,27H,8-10H2,(H,20,25)(H,21,26)/t14-,15-,18+/m1/s1. The summed E-state index contributed by atoms with van der Waals surface area (Å²) in [6.45, 7) is -0.464. The maximum atomic E-state index is 12.2. The summed E-state index contributed by atoms with van der Waals surface area (Å²) < 4.78 is 5.41. The summed E-state index contributed by atoms with van der Waals surface area (Å²) in [6, 6.07) is 7.99. The summed E-state index contributed by atoms with van der Waals surface area (Å²) >= 11 is 5.98. The molecule has 0 spiro atoms. The van der Waals surface area contributed by atoms with Gasteiger partial charge in [0.2, 0.25) is 0 Å². The Morgan fingerprint density at radius 3 is 2.71 bits per heavy atom. The lowest BCUT2D eigenvalue weighted by molar-refractivity contribution is -0.0464. The highest BCUT2D eigenvalue weighted by Gasteiger charge is 2.48. The smallest absolute Gasteiger partial charge is 0.253 e. The number of aromatic nitrogens is 2. The van der Waals surface area contributed by atoms with E-state index in [1.165, 1.54) is 18.5 Å². The molecule has 2 amide bonds. The van der Waals surface area contributed by atoms with Crippen LogP contribution >= 0.6 is 11.6 Å². The second-order valence-corrected chi connectivity index (χ2v) is 6.81. The summed E-state index contributed by atoms with van der Waals surface area (Å²) in [4.78, 5) is 24.3. The molecule has 0 radical (unpaired) electrons. The number of rotatable bonds is 6. The number of nitrogens with zero attached hydrogens (tertiary/aromatic N) is 2. The van der Waals surface area contributed by atoms with E-state index < -0.39 is 29.6 Å². The van der Waals surface area contributed by atoms with Crippen LogP contribution in [-0.4, -0.2) is 69.7 Å². The number of amides is 2. The lowest BCUT2D eigenvalue weighted by Crippen LogP contribution is -2.53. The molecule has 0 bridgehead atoms. The molecule has 0 unspecified atom stereocenters. The number of hydrogen-bond donors (Lipinski definition) is 4. The molecule has 1 fully saturated rings. The molecule has 0 saturated carbocycles. The van der Waals surface area contributed by atoms with Crippen molar-refractivity contribution < 1.29 is 24.5 Å². The van der Waals surface area contributed by atoms with Gasteiger partial charge in [-0.05, 0) is 18.2 Å². The van der Waals surface area contributed by atoms with Crippen LogP contribution in [0.4, 0.5) is 0 Å². The molecular formula is C18H19ClN4O5. The van der Waals surface area contributed by atoms with E-state index >= 15 is 0 Å². The number of hydrogen-bond acceptors (Lipinski definition) is 7. The van der Waals surface area contributed by atoms with Gasteiger partial charge in [0.25, 0.3) is 11.8 Å². The van der Waals surface area contributed by atoms with Gasteiger partial charge in [-0.1, -0.05) is 23.7 Å². The third-order valence-electron chi connectivity index (χ3n) is 4.43. The first kappa shape index (κ1) is 20.2. The van der Waals surface area contributed by atoms with Crippen LogP contribution in [0.15, 0.2) is 42.7 Å². The lowest BCUT2D eigenvalue weighted by Gasteiger charge is -2.26. The van der Waals surface area contributed by atoms with Gasteiger partial charge in [-0.2, -0.15) is 10.2 Å². The summed E-state index contributed by atoms with van der Waals surface area (Å²) in [6.07, 6.45) is 0.550. The second kappa shape index (κ2) is 8.61. The highest BCUT2D eigenvalue weighted by molar-refractivity contribution is 6.33. The van der Waals surface area contributed by atoms with Crippen LogP contribution in [0.1, 0.15) is 20.7 Å². The van der Waals surface area contributed by atoms with Crippen molar-refractivity contribution in [1.29, 1.82) is 0 Å². The van der Waals surface area contributed by atoms with Crippen molar-refractivity contribution in [3.8, 4) is 0 Å². The Labute approximate surface area is 165 Å². The SMILES string of the molecule is O=C(NC[C@H]1OC[C@@](O)(CNC(=O)c2ccccc2Cl)[C@@H]1O)c1ccnnc1. The van der Waals surface area contributed by atoms with Gasteiger partial charge in [0.15, 0.2) is 0 Å². The van der Waals surface area contributed by atoms with Crippen molar-refractivity contribution >= 4 is 23.4 Å². The molecule has 3 atom stereocenters. The van der Waals surface area contributed by atoms with Crippen molar-refractivity contribution in [3.05, 3.63) is 58.9 Å². The van der Waals surface area contributed by atoms with Crippen LogP contribution in [0.3, 0.4) is 0 Å². The number of aliphatic hydroxyl groups is 2. The summed E-state index contributed by atoms with van der Waals surface area (Å²) in [5, 5.41) is 33.7. The number of benzene rings is 1. The normalized spacial score (nSPS) is 24.0. The molecule has 3 rings (SSSR count). The molecule has 1 aromatic heterocycles. The first-order valence-corrected chi connectivity index (χ1v) is 8.88. The number of carbonyl (C=O) groups excluding carboxylic acids is 2. The van der Waals surface area contributed by atoms with Crippen molar-refractivity contribution in [2.45, 2.75) is 17.8 Å². The van der Waals surface area contributed by atoms with E-state index in [1.54, 1.807) is 24.3 Å². The first-order chi connectivity index (χ1) is 13.4. The highest BCUT2D eigenvalue weighted by atomic mass is 35.5. The number of nitrogens with one attached hydrogen (secondary N) is 2. The van der Waals surface area contributed by atoms with Gasteiger partial charge in [-0.3, -0.25) is 9.59 Å². The van der Waals surface area contributed by atoms with Gasteiger partial charge in [0.05, 0.1) is 41.7 Å². The Bertz CT molecular complexity index is 853. The third kappa shape index (κ3) is 4.45. The molecule has 1 aliphatic rings. The van der Waals surface area contributed by atoms with Gasteiger partial charge in [0, 0.05) is 6.54 Å². The van der Waals surface area contributed by atoms with E-state index in [0.29, 0.717) is 5.56 Å². The van der Waals surface area contributed by atoms with Crippen LogP contribution in [0.5, 0.6) is 0 Å². The number of ether oxygens (including phenoxy) is 1. The zero-order valence-corrected chi connectivity index (χ0v) is 15.5. The van der Waals surface area contributed by atoms with E-state index in [9.17, 15) is 19.8 Å². The van der Waals surface area contributed by atoms with Crippen LogP contribution < -0.4 is 10.6 Å². The van der Waals surface area contributed by atoms with Gasteiger partial charge in [-0.25, -0.2) is 0 Å². The average Bonchev–Trinajstić information content (AvgIpc) is 3.00. The Morgan fingerprint density at radius 1 is 1.21 bits per heavy atom. The predicted octanol–water partition coefficient (Wildman–Crippen LogP) is -0.219. The van der Waals surface area contributed by atoms with Crippen molar-refractivity contribution in [2.75, 3.05) is 19.7 Å². The van der Waals surface area contributed by atoms with Crippen LogP contribution in [0, 0.1) is 0 Å². The van der Waals surface area contributed by atoms with E-state index in [-0.39, 0.29) is 30.3 Å². The molecule has 2 heterocycles. The molecule has 9 nitrogen and oxygen atoms in total. The molecule has 1 aromatic carbocycles. The molecular weight excluding hydrogens is 388 g/mol. The summed E-state index contributed by atoms with van der Waals surface area (Å²) in [7, 11) is 0. The van der Waals surface area contributed by atoms with Crippen LogP contribution in [0.2, 0.25) is 5.02 Å². The second-order valence-electron chi connectivity index (χ2n) is 6.40. The third-order valence-corrected chi connectivity index (χ3v) is 4.76. The van der Waals surface area contributed by atoms with Gasteiger partial charge in [-0.15, -0.1) is 0 Å². The quantitative estimate of drug-likeness (QED) is 0.521. The Morgan fingerprint density at radius 2 is 2.00 bits per heavy atom. The largest absolute Gasteiger partial charge is 0.387 e. The van der Waals surface area contributed by atoms with E-state index in [1.807, 2.05) is 0 Å². The fourth-order valence-corrected chi connectivity index (χ4v) is 3.02. The topological polar surface area (TPSA) is 134 Å². The van der Waals surface area contributed by atoms with Crippen molar-refractivity contribution in [3.63, 3.8) is 0 Å². The molecule has 0 aliphatic carbocycles. The molecule has 4 N–H and O–H groups in total. The maximum Gasteiger partial charge on any atom is 0.253 e. The number of halogens is 1. The maximum absolute atomic E-state index is 12.2. The van der Waals surface area contributed by atoms with E-state index in [4.69, 9.17) is 16.3 Å². The van der Waals surface area contributed by atoms with Crippen LogP contribution in [-0.2, 0) is 4.74 Å². The summed E-state index contributed by atoms with van der Waals surface area (Å²) in [5.41, 5.74) is -1.12. The summed E-state index contributed by atoms with van der Waals surface area (Å²) in [5.74, 6) is -0.888. The highest BCUT2D eigenvalue weighted by Crippen LogP contribution is 2.24. The fraction of sp³-hybridized carbons (Fsp3) is 0.333. The van der Waals surface area contributed by atoms with Gasteiger partial charge < -0.3 is 25.6 Å². The Balaban J connectivity index is 1.53. The molecule has 28 heavy (non-hydrogen) atoms. The molecule has 1 saturated heterocycles. The van der Waals surface area contributed by atoms with E-state index in [0.717, 1.165) is 0 Å². The Hall–Kier alpha value is -2.59.